The highest BCUT2D eigenvalue weighted by Crippen LogP contribution is 2.24. The Balaban J connectivity index is 2.96. The predicted molar refractivity (Wildman–Crippen MR) is 53.4 cm³/mol. The Kier molecular flexibility index (Phi) is 3.45. The SMILES string of the molecule is CCCCc1ccc(O)cc1[N+](=O)[O-]. The first-order valence-electron chi connectivity index (χ1n) is 4.61. The van der Waals surface area contributed by atoms with Gasteiger partial charge in [-0.1, -0.05) is 13.3 Å². The van der Waals surface area contributed by atoms with E-state index in [4.69, 9.17) is 5.11 Å². The van der Waals surface area contributed by atoms with E-state index in [9.17, 15) is 10.1 Å². The molecule has 0 bridgehead atoms. The predicted octanol–water partition coefficient (Wildman–Crippen LogP) is 2.64. The number of unbranched alkanes of at least 4 members (excludes halogenated alkanes) is 1. The molecule has 0 fully saturated rings. The first kappa shape index (κ1) is 10.5. The molecular weight excluding hydrogens is 182 g/mol. The van der Waals surface area contributed by atoms with Crippen LogP contribution < -0.4 is 0 Å². The van der Waals surface area contributed by atoms with Crippen molar-refractivity contribution in [1.82, 2.24) is 0 Å². The number of nitro groups is 1. The Morgan fingerprint density at radius 2 is 2.21 bits per heavy atom. The number of hydrogen-bond acceptors (Lipinski definition) is 3. The van der Waals surface area contributed by atoms with Crippen molar-refractivity contribution in [1.29, 1.82) is 0 Å². The summed E-state index contributed by atoms with van der Waals surface area (Å²) in [4.78, 5) is 10.2. The molecule has 0 saturated heterocycles. The molecule has 0 heterocycles. The molecule has 0 radical (unpaired) electrons. The van der Waals surface area contributed by atoms with Crippen molar-refractivity contribution in [3.63, 3.8) is 0 Å². The molecule has 1 rings (SSSR count). The van der Waals surface area contributed by atoms with Gasteiger partial charge in [0.15, 0.2) is 0 Å². The Morgan fingerprint density at radius 1 is 1.50 bits per heavy atom. The fraction of sp³-hybridized carbons (Fsp3) is 0.400. The van der Waals surface area contributed by atoms with Crippen molar-refractivity contribution in [3.8, 4) is 5.75 Å². The molecule has 4 heteroatoms. The van der Waals surface area contributed by atoms with E-state index in [1.165, 1.54) is 12.1 Å². The summed E-state index contributed by atoms with van der Waals surface area (Å²) in [6.45, 7) is 2.03. The quantitative estimate of drug-likeness (QED) is 0.593. The monoisotopic (exact) mass is 195 g/mol. The molecule has 0 atom stereocenters. The molecule has 0 spiro atoms. The van der Waals surface area contributed by atoms with Crippen molar-refractivity contribution in [3.05, 3.63) is 33.9 Å². The van der Waals surface area contributed by atoms with Crippen LogP contribution >= 0.6 is 0 Å². The summed E-state index contributed by atoms with van der Waals surface area (Å²) in [6, 6.07) is 4.30. The van der Waals surface area contributed by atoms with E-state index in [1.807, 2.05) is 6.92 Å². The molecule has 14 heavy (non-hydrogen) atoms. The van der Waals surface area contributed by atoms with Gasteiger partial charge in [-0.3, -0.25) is 10.1 Å². The lowest BCUT2D eigenvalue weighted by Crippen LogP contribution is -1.95. The highest BCUT2D eigenvalue weighted by Gasteiger charge is 2.13. The molecule has 1 aromatic rings. The van der Waals surface area contributed by atoms with Crippen LogP contribution in [0, 0.1) is 10.1 Å². The van der Waals surface area contributed by atoms with Crippen LogP contribution in [0.15, 0.2) is 18.2 Å². The number of aromatic hydroxyl groups is 1. The molecule has 0 aromatic heterocycles. The molecular formula is C10H13NO3. The first-order chi connectivity index (χ1) is 6.65. The summed E-state index contributed by atoms with van der Waals surface area (Å²) >= 11 is 0. The molecule has 0 unspecified atom stereocenters. The number of hydrogen-bond donors (Lipinski definition) is 1. The Labute approximate surface area is 82.3 Å². The van der Waals surface area contributed by atoms with E-state index in [-0.39, 0.29) is 11.4 Å². The van der Waals surface area contributed by atoms with Crippen LogP contribution in [-0.4, -0.2) is 10.0 Å². The van der Waals surface area contributed by atoms with Gasteiger partial charge >= 0.3 is 0 Å². The lowest BCUT2D eigenvalue weighted by Gasteiger charge is -2.01. The molecule has 76 valence electrons. The number of nitro benzene ring substituents is 1. The zero-order valence-electron chi connectivity index (χ0n) is 8.06. The first-order valence-corrected chi connectivity index (χ1v) is 4.61. The second kappa shape index (κ2) is 4.60. The summed E-state index contributed by atoms with van der Waals surface area (Å²) in [7, 11) is 0. The van der Waals surface area contributed by atoms with Gasteiger partial charge in [0.05, 0.1) is 11.0 Å². The summed E-state index contributed by atoms with van der Waals surface area (Å²) in [6.07, 6.45) is 2.61. The topological polar surface area (TPSA) is 63.4 Å². The minimum atomic E-state index is -0.454. The third-order valence-electron chi connectivity index (χ3n) is 2.07. The van der Waals surface area contributed by atoms with Crippen LogP contribution in [0.1, 0.15) is 25.3 Å². The average Bonchev–Trinajstić information content (AvgIpc) is 2.15. The van der Waals surface area contributed by atoms with Crippen molar-refractivity contribution in [2.24, 2.45) is 0 Å². The summed E-state index contributed by atoms with van der Waals surface area (Å²) in [5, 5.41) is 19.7. The molecule has 0 saturated carbocycles. The minimum Gasteiger partial charge on any atom is -0.508 e. The standard InChI is InChI=1S/C10H13NO3/c1-2-3-4-8-5-6-9(12)7-10(8)11(13)14/h5-7,12H,2-4H2,1H3. The zero-order valence-corrected chi connectivity index (χ0v) is 8.06. The second-order valence-electron chi connectivity index (χ2n) is 3.17. The van der Waals surface area contributed by atoms with Gasteiger partial charge in [0.1, 0.15) is 5.75 Å². The molecule has 0 amide bonds. The third-order valence-corrected chi connectivity index (χ3v) is 2.07. The van der Waals surface area contributed by atoms with Crippen molar-refractivity contribution in [2.75, 3.05) is 0 Å². The Morgan fingerprint density at radius 3 is 2.79 bits per heavy atom. The van der Waals surface area contributed by atoms with Gasteiger partial charge in [-0.2, -0.15) is 0 Å². The average molecular weight is 195 g/mol. The Bertz CT molecular complexity index is 336. The molecule has 0 aliphatic heterocycles. The molecule has 0 aliphatic rings. The zero-order chi connectivity index (χ0) is 10.6. The van der Waals surface area contributed by atoms with E-state index in [0.29, 0.717) is 12.0 Å². The third kappa shape index (κ3) is 2.45. The van der Waals surface area contributed by atoms with E-state index in [2.05, 4.69) is 0 Å². The minimum absolute atomic E-state index is 0.0125. The fourth-order valence-electron chi connectivity index (χ4n) is 1.30. The summed E-state index contributed by atoms with van der Waals surface area (Å²) < 4.78 is 0. The lowest BCUT2D eigenvalue weighted by atomic mass is 10.1. The van der Waals surface area contributed by atoms with Gasteiger partial charge in [-0.25, -0.2) is 0 Å². The van der Waals surface area contributed by atoms with Crippen LogP contribution in [0.5, 0.6) is 5.75 Å². The largest absolute Gasteiger partial charge is 0.508 e. The van der Waals surface area contributed by atoms with E-state index < -0.39 is 4.92 Å². The molecule has 4 nitrogen and oxygen atoms in total. The van der Waals surface area contributed by atoms with Gasteiger partial charge in [0, 0.05) is 5.56 Å². The van der Waals surface area contributed by atoms with Crippen LogP contribution in [0.2, 0.25) is 0 Å². The van der Waals surface area contributed by atoms with E-state index in [1.54, 1.807) is 6.07 Å². The second-order valence-corrected chi connectivity index (χ2v) is 3.17. The maximum Gasteiger partial charge on any atom is 0.276 e. The highest BCUT2D eigenvalue weighted by molar-refractivity contribution is 5.45. The normalized spacial score (nSPS) is 10.1. The summed E-state index contributed by atoms with van der Waals surface area (Å²) in [5.41, 5.74) is 0.702. The molecule has 1 aromatic carbocycles. The lowest BCUT2D eigenvalue weighted by molar-refractivity contribution is -0.385. The van der Waals surface area contributed by atoms with Gasteiger partial charge in [0.25, 0.3) is 5.69 Å². The van der Waals surface area contributed by atoms with Crippen LogP contribution in [0.3, 0.4) is 0 Å². The van der Waals surface area contributed by atoms with Crippen molar-refractivity contribution in [2.45, 2.75) is 26.2 Å². The molecule has 1 N–H and O–H groups in total. The number of aryl methyl sites for hydroxylation is 1. The molecule has 0 aliphatic carbocycles. The Hall–Kier alpha value is -1.58. The highest BCUT2D eigenvalue weighted by atomic mass is 16.6. The van der Waals surface area contributed by atoms with Crippen LogP contribution in [0.25, 0.3) is 0 Å². The number of nitrogens with zero attached hydrogens (tertiary/aromatic N) is 1. The fourth-order valence-corrected chi connectivity index (χ4v) is 1.30. The van der Waals surface area contributed by atoms with Crippen LogP contribution in [0.4, 0.5) is 5.69 Å². The maximum atomic E-state index is 10.6. The van der Waals surface area contributed by atoms with Crippen LogP contribution in [-0.2, 0) is 6.42 Å². The van der Waals surface area contributed by atoms with Gasteiger partial charge in [-0.05, 0) is 25.0 Å². The maximum absolute atomic E-state index is 10.6. The van der Waals surface area contributed by atoms with Crippen molar-refractivity contribution >= 4 is 5.69 Å². The van der Waals surface area contributed by atoms with Gasteiger partial charge < -0.3 is 5.11 Å². The number of phenolic OH excluding ortho intramolecular Hbond substituents is 1. The number of rotatable bonds is 4. The van der Waals surface area contributed by atoms with Gasteiger partial charge in [0.2, 0.25) is 0 Å². The number of benzene rings is 1. The van der Waals surface area contributed by atoms with E-state index >= 15 is 0 Å². The van der Waals surface area contributed by atoms with E-state index in [0.717, 1.165) is 12.8 Å². The summed E-state index contributed by atoms with van der Waals surface area (Å²) in [5.74, 6) is -0.0584. The smallest absolute Gasteiger partial charge is 0.276 e. The van der Waals surface area contributed by atoms with Crippen molar-refractivity contribution < 1.29 is 10.0 Å². The van der Waals surface area contributed by atoms with Gasteiger partial charge in [-0.15, -0.1) is 0 Å². The number of phenols is 1.